The molecule has 0 bridgehead atoms. The highest BCUT2D eigenvalue weighted by Gasteiger charge is 2.04. The standard InChI is InChI=1S/C14H15ClN4O/c1-3-10-4-6-11(7-5-10)9(2)17-18-12-8-16-19-14(20)13(12)15/h4-8H,3H2,1-2H3,(H2,18,19,20)/b17-9-. The van der Waals surface area contributed by atoms with Crippen LogP contribution in [0.5, 0.6) is 0 Å². The molecule has 0 radical (unpaired) electrons. The van der Waals surface area contributed by atoms with Crippen LogP contribution >= 0.6 is 11.6 Å². The number of rotatable bonds is 4. The second kappa shape index (κ2) is 6.34. The average Bonchev–Trinajstić information content (AvgIpc) is 2.48. The molecule has 2 aromatic rings. The largest absolute Gasteiger partial charge is 0.285 e. The molecule has 1 aromatic heterocycles. The first-order chi connectivity index (χ1) is 9.61. The molecule has 5 nitrogen and oxygen atoms in total. The second-order valence-electron chi connectivity index (χ2n) is 4.29. The quantitative estimate of drug-likeness (QED) is 0.672. The second-order valence-corrected chi connectivity index (χ2v) is 4.66. The number of nitrogens with zero attached hydrogens (tertiary/aromatic N) is 2. The highest BCUT2D eigenvalue weighted by molar-refractivity contribution is 6.32. The van der Waals surface area contributed by atoms with Crippen LogP contribution in [0.25, 0.3) is 0 Å². The Hall–Kier alpha value is -2.14. The van der Waals surface area contributed by atoms with E-state index in [4.69, 9.17) is 11.6 Å². The molecule has 0 spiro atoms. The van der Waals surface area contributed by atoms with Gasteiger partial charge in [-0.15, -0.1) is 0 Å². The third-order valence-electron chi connectivity index (χ3n) is 2.92. The van der Waals surface area contributed by atoms with Crippen molar-refractivity contribution in [3.63, 3.8) is 0 Å². The van der Waals surface area contributed by atoms with Gasteiger partial charge >= 0.3 is 0 Å². The Balaban J connectivity index is 2.17. The monoisotopic (exact) mass is 290 g/mol. The fourth-order valence-electron chi connectivity index (χ4n) is 1.65. The molecule has 0 saturated carbocycles. The lowest BCUT2D eigenvalue weighted by atomic mass is 10.1. The smallest absolute Gasteiger partial charge is 0.275 e. The molecule has 1 aromatic carbocycles. The lowest BCUT2D eigenvalue weighted by Gasteiger charge is -2.05. The van der Waals surface area contributed by atoms with E-state index in [9.17, 15) is 4.79 Å². The van der Waals surface area contributed by atoms with Crippen LogP contribution in [0, 0.1) is 0 Å². The van der Waals surface area contributed by atoms with Gasteiger partial charge in [-0.1, -0.05) is 42.8 Å². The minimum absolute atomic E-state index is 0.0397. The van der Waals surface area contributed by atoms with Gasteiger partial charge in [0, 0.05) is 0 Å². The molecule has 0 aliphatic carbocycles. The van der Waals surface area contributed by atoms with E-state index in [1.54, 1.807) is 0 Å². The Morgan fingerprint density at radius 2 is 2.10 bits per heavy atom. The van der Waals surface area contributed by atoms with Crippen molar-refractivity contribution in [2.24, 2.45) is 5.10 Å². The van der Waals surface area contributed by atoms with Gasteiger partial charge in [0.2, 0.25) is 0 Å². The number of benzene rings is 1. The third kappa shape index (κ3) is 3.24. The van der Waals surface area contributed by atoms with Gasteiger partial charge in [0.25, 0.3) is 5.56 Å². The van der Waals surface area contributed by atoms with Gasteiger partial charge in [0.05, 0.1) is 11.9 Å². The number of anilines is 1. The number of aromatic nitrogens is 2. The molecule has 2 N–H and O–H groups in total. The number of aromatic amines is 1. The first kappa shape index (κ1) is 14.3. The molecule has 0 amide bonds. The lowest BCUT2D eigenvalue weighted by molar-refractivity contribution is 0.986. The minimum Gasteiger partial charge on any atom is -0.275 e. The van der Waals surface area contributed by atoms with Crippen molar-refractivity contribution in [2.75, 3.05) is 5.43 Å². The van der Waals surface area contributed by atoms with E-state index < -0.39 is 5.56 Å². The van der Waals surface area contributed by atoms with E-state index >= 15 is 0 Å². The maximum absolute atomic E-state index is 11.3. The SMILES string of the molecule is CCc1ccc(/C(C)=N\Nc2cn[nH]c(=O)c2Cl)cc1. The summed E-state index contributed by atoms with van der Waals surface area (Å²) < 4.78 is 0. The minimum atomic E-state index is -0.447. The summed E-state index contributed by atoms with van der Waals surface area (Å²) in [6, 6.07) is 8.15. The van der Waals surface area contributed by atoms with Gasteiger partial charge in [-0.3, -0.25) is 10.2 Å². The van der Waals surface area contributed by atoms with Crippen LogP contribution < -0.4 is 11.0 Å². The van der Waals surface area contributed by atoms with Gasteiger partial charge in [-0.2, -0.15) is 10.2 Å². The molecule has 0 aliphatic rings. The fraction of sp³-hybridized carbons (Fsp3) is 0.214. The van der Waals surface area contributed by atoms with E-state index in [-0.39, 0.29) is 5.02 Å². The summed E-state index contributed by atoms with van der Waals surface area (Å²) in [4.78, 5) is 11.3. The molecule has 1 heterocycles. The molecule has 0 aliphatic heterocycles. The van der Waals surface area contributed by atoms with Crippen LogP contribution in [0.15, 0.2) is 40.4 Å². The highest BCUT2D eigenvalue weighted by Crippen LogP contribution is 2.14. The molecule has 20 heavy (non-hydrogen) atoms. The lowest BCUT2D eigenvalue weighted by Crippen LogP contribution is -2.10. The first-order valence-corrected chi connectivity index (χ1v) is 6.62. The highest BCUT2D eigenvalue weighted by atomic mass is 35.5. The summed E-state index contributed by atoms with van der Waals surface area (Å²) >= 11 is 5.85. The van der Waals surface area contributed by atoms with Crippen LogP contribution in [0.1, 0.15) is 25.0 Å². The van der Waals surface area contributed by atoms with Crippen LogP contribution in [0.4, 0.5) is 5.69 Å². The molecule has 0 saturated heterocycles. The molecular weight excluding hydrogens is 276 g/mol. The summed E-state index contributed by atoms with van der Waals surface area (Å²) in [5.74, 6) is 0. The Labute approximate surface area is 121 Å². The Bertz CT molecular complexity index is 676. The first-order valence-electron chi connectivity index (χ1n) is 6.24. The maximum atomic E-state index is 11.3. The maximum Gasteiger partial charge on any atom is 0.285 e. The third-order valence-corrected chi connectivity index (χ3v) is 3.29. The van der Waals surface area contributed by atoms with Crippen molar-refractivity contribution in [1.82, 2.24) is 10.2 Å². The van der Waals surface area contributed by atoms with Gasteiger partial charge in [-0.25, -0.2) is 5.10 Å². The van der Waals surface area contributed by atoms with Crippen molar-refractivity contribution in [1.29, 1.82) is 0 Å². The van der Waals surface area contributed by atoms with Crippen molar-refractivity contribution in [3.8, 4) is 0 Å². The topological polar surface area (TPSA) is 70.1 Å². The zero-order valence-corrected chi connectivity index (χ0v) is 12.0. The number of H-pyrrole nitrogens is 1. The number of nitrogens with one attached hydrogen (secondary N) is 2. The Kier molecular flexibility index (Phi) is 4.53. The van der Waals surface area contributed by atoms with Gasteiger partial charge < -0.3 is 0 Å². The predicted octanol–water partition coefficient (Wildman–Crippen LogP) is 2.82. The zero-order chi connectivity index (χ0) is 14.5. The van der Waals surface area contributed by atoms with Gasteiger partial charge in [0.15, 0.2) is 0 Å². The van der Waals surface area contributed by atoms with Crippen molar-refractivity contribution < 1.29 is 0 Å². The molecule has 0 atom stereocenters. The van der Waals surface area contributed by atoms with Crippen LogP contribution in [0.3, 0.4) is 0 Å². The van der Waals surface area contributed by atoms with Gasteiger partial charge in [-0.05, 0) is 24.5 Å². The van der Waals surface area contributed by atoms with E-state index in [1.165, 1.54) is 11.8 Å². The van der Waals surface area contributed by atoms with Gasteiger partial charge in [0.1, 0.15) is 10.7 Å². The Morgan fingerprint density at radius 1 is 1.40 bits per heavy atom. The molecule has 6 heteroatoms. The van der Waals surface area contributed by atoms with Crippen LogP contribution in [-0.4, -0.2) is 15.9 Å². The number of halogens is 1. The van der Waals surface area contributed by atoms with E-state index in [2.05, 4.69) is 39.8 Å². The fourth-order valence-corrected chi connectivity index (χ4v) is 1.79. The predicted molar refractivity (Wildman–Crippen MR) is 81.5 cm³/mol. The number of aryl methyl sites for hydroxylation is 1. The normalized spacial score (nSPS) is 11.4. The van der Waals surface area contributed by atoms with Crippen LogP contribution in [-0.2, 0) is 6.42 Å². The average molecular weight is 291 g/mol. The summed E-state index contributed by atoms with van der Waals surface area (Å²) in [5, 5.41) is 10.2. The molecule has 0 fully saturated rings. The molecule has 2 rings (SSSR count). The van der Waals surface area contributed by atoms with E-state index in [0.29, 0.717) is 5.69 Å². The van der Waals surface area contributed by atoms with Crippen molar-refractivity contribution in [2.45, 2.75) is 20.3 Å². The summed E-state index contributed by atoms with van der Waals surface area (Å²) in [5.41, 5.74) is 5.75. The van der Waals surface area contributed by atoms with Crippen LogP contribution in [0.2, 0.25) is 5.02 Å². The summed E-state index contributed by atoms with van der Waals surface area (Å²) in [7, 11) is 0. The van der Waals surface area contributed by atoms with Crippen molar-refractivity contribution >= 4 is 23.0 Å². The Morgan fingerprint density at radius 3 is 2.75 bits per heavy atom. The van der Waals surface area contributed by atoms with Crippen molar-refractivity contribution in [3.05, 3.63) is 57.0 Å². The molecular formula is C14H15ClN4O. The molecule has 104 valence electrons. The number of hydrazone groups is 1. The summed E-state index contributed by atoms with van der Waals surface area (Å²) in [6.07, 6.45) is 2.42. The van der Waals surface area contributed by atoms with E-state index in [0.717, 1.165) is 17.7 Å². The molecule has 0 unspecified atom stereocenters. The number of hydrogen-bond acceptors (Lipinski definition) is 4. The number of hydrogen-bond donors (Lipinski definition) is 2. The zero-order valence-electron chi connectivity index (χ0n) is 11.3. The summed E-state index contributed by atoms with van der Waals surface area (Å²) in [6.45, 7) is 3.99. The van der Waals surface area contributed by atoms with E-state index in [1.807, 2.05) is 19.1 Å².